The van der Waals surface area contributed by atoms with Gasteiger partial charge in [-0.2, -0.15) is 0 Å². The molecule has 0 N–H and O–H groups in total. The number of rotatable bonds is 6. The molecule has 22 heavy (non-hydrogen) atoms. The highest BCUT2D eigenvalue weighted by Gasteiger charge is 2.57. The van der Waals surface area contributed by atoms with E-state index in [0.717, 1.165) is 0 Å². The van der Waals surface area contributed by atoms with Gasteiger partial charge in [0, 0.05) is 12.8 Å². The number of carbonyl (C=O) groups excluding carboxylic acids is 4. The van der Waals surface area contributed by atoms with Gasteiger partial charge in [-0.3, -0.25) is 19.2 Å². The molecule has 0 aromatic heterocycles. The number of hydrogen-bond acceptors (Lipinski definition) is 6. The Hall–Kier alpha value is -2.24. The molecule has 2 atom stereocenters. The third kappa shape index (κ3) is 3.16. The summed E-state index contributed by atoms with van der Waals surface area (Å²) in [6.07, 6.45) is 1.96. The third-order valence-corrected chi connectivity index (χ3v) is 3.82. The highest BCUT2D eigenvalue weighted by molar-refractivity contribution is 6.17. The molecular weight excluding hydrogens is 288 g/mol. The molecule has 0 spiro atoms. The molecule has 0 aliphatic heterocycles. The summed E-state index contributed by atoms with van der Waals surface area (Å²) in [6.45, 7) is 9.44. The lowest BCUT2D eigenvalue weighted by Gasteiger charge is -2.37. The molecule has 1 rings (SSSR count). The highest BCUT2D eigenvalue weighted by Crippen LogP contribution is 2.41. The van der Waals surface area contributed by atoms with Crippen molar-refractivity contribution < 1.29 is 28.7 Å². The van der Waals surface area contributed by atoms with E-state index in [-0.39, 0.29) is 26.1 Å². The first-order valence-electron chi connectivity index (χ1n) is 6.85. The zero-order valence-electron chi connectivity index (χ0n) is 12.8. The second-order valence-electron chi connectivity index (χ2n) is 5.64. The molecule has 0 aromatic carbocycles. The Labute approximate surface area is 129 Å². The average molecular weight is 308 g/mol. The summed E-state index contributed by atoms with van der Waals surface area (Å²) in [4.78, 5) is 48.7. The van der Waals surface area contributed by atoms with Gasteiger partial charge in [-0.05, 0) is 13.8 Å². The molecular formula is C16H20O6. The summed E-state index contributed by atoms with van der Waals surface area (Å²) >= 11 is 0. The van der Waals surface area contributed by atoms with Crippen LogP contribution in [0.3, 0.4) is 0 Å². The van der Waals surface area contributed by atoms with Crippen LogP contribution in [-0.4, -0.2) is 36.7 Å². The van der Waals surface area contributed by atoms with Gasteiger partial charge in [0.15, 0.2) is 11.6 Å². The molecule has 1 aliphatic rings. The molecule has 6 nitrogen and oxygen atoms in total. The van der Waals surface area contributed by atoms with Gasteiger partial charge in [-0.1, -0.05) is 25.3 Å². The van der Waals surface area contributed by atoms with Crippen molar-refractivity contribution in [1.82, 2.24) is 0 Å². The molecule has 1 aliphatic carbocycles. The first-order valence-corrected chi connectivity index (χ1v) is 6.85. The maximum Gasteiger partial charge on any atom is 0.320 e. The zero-order valence-corrected chi connectivity index (χ0v) is 12.8. The predicted octanol–water partition coefficient (Wildman–Crippen LogP) is 1.39. The van der Waals surface area contributed by atoms with E-state index in [1.807, 2.05) is 0 Å². The van der Waals surface area contributed by atoms with E-state index in [2.05, 4.69) is 13.2 Å². The maximum absolute atomic E-state index is 12.4. The van der Waals surface area contributed by atoms with E-state index in [4.69, 9.17) is 9.47 Å². The van der Waals surface area contributed by atoms with Crippen LogP contribution >= 0.6 is 0 Å². The molecule has 0 saturated heterocycles. The smallest absolute Gasteiger partial charge is 0.320 e. The quantitative estimate of drug-likeness (QED) is 0.419. The van der Waals surface area contributed by atoms with Crippen molar-refractivity contribution in [1.29, 1.82) is 0 Å². The van der Waals surface area contributed by atoms with Crippen molar-refractivity contribution in [3.8, 4) is 0 Å². The Bertz CT molecular complexity index is 487. The Morgan fingerprint density at radius 2 is 1.27 bits per heavy atom. The number of hydrogen-bond donors (Lipinski definition) is 0. The van der Waals surface area contributed by atoms with Crippen molar-refractivity contribution in [2.75, 3.05) is 13.2 Å². The topological polar surface area (TPSA) is 86.7 Å². The molecule has 0 unspecified atom stereocenters. The van der Waals surface area contributed by atoms with Crippen LogP contribution in [0.1, 0.15) is 26.7 Å². The van der Waals surface area contributed by atoms with Gasteiger partial charge in [0.2, 0.25) is 0 Å². The summed E-state index contributed by atoms with van der Waals surface area (Å²) in [5, 5.41) is 0. The molecule has 6 heteroatoms. The van der Waals surface area contributed by atoms with Gasteiger partial charge < -0.3 is 9.47 Å². The minimum Gasteiger partial charge on any atom is -0.461 e. The number of esters is 2. The predicted molar refractivity (Wildman–Crippen MR) is 77.8 cm³/mol. The summed E-state index contributed by atoms with van der Waals surface area (Å²) < 4.78 is 9.77. The van der Waals surface area contributed by atoms with Crippen LogP contribution in [0.5, 0.6) is 0 Å². The second-order valence-corrected chi connectivity index (χ2v) is 5.64. The molecule has 0 bridgehead atoms. The number of carbonyl (C=O) groups is 4. The molecule has 0 amide bonds. The SMILES string of the molecule is C=CCOC(=O)[C@]1(C)CC(=O)[C@](C)(C(=O)OCC=C)CC1=O. The first kappa shape index (κ1) is 17.8. The van der Waals surface area contributed by atoms with E-state index in [9.17, 15) is 19.2 Å². The van der Waals surface area contributed by atoms with Crippen LogP contribution in [-0.2, 0) is 28.7 Å². The minimum atomic E-state index is -1.57. The summed E-state index contributed by atoms with van der Waals surface area (Å²) in [5.41, 5.74) is -3.14. The Kier molecular flexibility index (Phi) is 5.41. The van der Waals surface area contributed by atoms with Crippen LogP contribution in [0.25, 0.3) is 0 Å². The van der Waals surface area contributed by atoms with Crippen LogP contribution in [0.2, 0.25) is 0 Å². The summed E-state index contributed by atoms with van der Waals surface area (Å²) in [5.74, 6) is -2.60. The fraction of sp³-hybridized carbons (Fsp3) is 0.500. The number of ketones is 2. The summed E-state index contributed by atoms with van der Waals surface area (Å²) in [7, 11) is 0. The Balaban J connectivity index is 2.96. The molecule has 0 aromatic rings. The van der Waals surface area contributed by atoms with Gasteiger partial charge in [-0.25, -0.2) is 0 Å². The van der Waals surface area contributed by atoms with Gasteiger partial charge in [-0.15, -0.1) is 0 Å². The van der Waals surface area contributed by atoms with E-state index < -0.39 is 34.3 Å². The van der Waals surface area contributed by atoms with Crippen LogP contribution in [0.4, 0.5) is 0 Å². The van der Waals surface area contributed by atoms with Crippen molar-refractivity contribution in [3.63, 3.8) is 0 Å². The lowest BCUT2D eigenvalue weighted by molar-refractivity contribution is -0.173. The first-order chi connectivity index (χ1) is 10.2. The highest BCUT2D eigenvalue weighted by atomic mass is 16.5. The van der Waals surface area contributed by atoms with Crippen LogP contribution < -0.4 is 0 Å². The van der Waals surface area contributed by atoms with Crippen LogP contribution in [0.15, 0.2) is 25.3 Å². The van der Waals surface area contributed by atoms with Crippen molar-refractivity contribution in [2.24, 2.45) is 10.8 Å². The molecule has 0 heterocycles. The van der Waals surface area contributed by atoms with Gasteiger partial charge in [0.05, 0.1) is 0 Å². The molecule has 0 radical (unpaired) electrons. The van der Waals surface area contributed by atoms with Crippen molar-refractivity contribution >= 4 is 23.5 Å². The molecule has 120 valence electrons. The average Bonchev–Trinajstić information content (AvgIpc) is 2.48. The monoisotopic (exact) mass is 308 g/mol. The Morgan fingerprint density at radius 3 is 1.55 bits per heavy atom. The van der Waals surface area contributed by atoms with Crippen molar-refractivity contribution in [2.45, 2.75) is 26.7 Å². The fourth-order valence-corrected chi connectivity index (χ4v) is 2.19. The summed E-state index contributed by atoms with van der Waals surface area (Å²) in [6, 6.07) is 0. The van der Waals surface area contributed by atoms with E-state index in [0.29, 0.717) is 0 Å². The number of Topliss-reactive ketones (excluding diaryl/α,β-unsaturated/α-hetero) is 2. The third-order valence-electron chi connectivity index (χ3n) is 3.82. The lowest BCUT2D eigenvalue weighted by Crippen LogP contribution is -2.53. The van der Waals surface area contributed by atoms with Gasteiger partial charge in [0.1, 0.15) is 24.0 Å². The number of ether oxygens (including phenoxy) is 2. The fourth-order valence-electron chi connectivity index (χ4n) is 2.19. The molecule has 1 fully saturated rings. The van der Waals surface area contributed by atoms with Gasteiger partial charge in [0.25, 0.3) is 0 Å². The van der Waals surface area contributed by atoms with E-state index in [1.165, 1.54) is 26.0 Å². The minimum absolute atomic E-state index is 0.0471. The van der Waals surface area contributed by atoms with Crippen molar-refractivity contribution in [3.05, 3.63) is 25.3 Å². The van der Waals surface area contributed by atoms with Crippen LogP contribution in [0, 0.1) is 10.8 Å². The normalized spacial score (nSPS) is 27.9. The van der Waals surface area contributed by atoms with E-state index >= 15 is 0 Å². The Morgan fingerprint density at radius 1 is 0.955 bits per heavy atom. The van der Waals surface area contributed by atoms with Gasteiger partial charge >= 0.3 is 11.9 Å². The van der Waals surface area contributed by atoms with E-state index in [1.54, 1.807) is 0 Å². The second kappa shape index (κ2) is 6.68. The standard InChI is InChI=1S/C16H20O6/c1-5-7-21-13(19)15(3)9-12(18)16(4,10-11(15)17)14(20)22-8-6-2/h5-6H,1-2,7-10H2,3-4H3/t15-,16-/m1/s1. The molecule has 1 saturated carbocycles. The lowest BCUT2D eigenvalue weighted by atomic mass is 9.63. The maximum atomic E-state index is 12.4. The zero-order chi connectivity index (χ0) is 17.0. The largest absolute Gasteiger partial charge is 0.461 e.